The number of rotatable bonds is 4. The van der Waals surface area contributed by atoms with E-state index in [1.165, 1.54) is 18.1 Å². The summed E-state index contributed by atoms with van der Waals surface area (Å²) in [5.74, 6) is 3.08. The molecule has 0 radical (unpaired) electrons. The van der Waals surface area contributed by atoms with Gasteiger partial charge in [-0.3, -0.25) is 0 Å². The molecule has 3 unspecified atom stereocenters. The summed E-state index contributed by atoms with van der Waals surface area (Å²) >= 11 is 2.10. The molecule has 2 heterocycles. The van der Waals surface area contributed by atoms with Gasteiger partial charge in [0.2, 0.25) is 0 Å². The van der Waals surface area contributed by atoms with Crippen molar-refractivity contribution in [2.75, 3.05) is 31.6 Å². The van der Waals surface area contributed by atoms with Crippen molar-refractivity contribution in [3.8, 4) is 0 Å². The summed E-state index contributed by atoms with van der Waals surface area (Å²) in [4.78, 5) is 2.55. The zero-order chi connectivity index (χ0) is 15.0. The minimum Gasteiger partial charge on any atom is -0.369 e. The molecule has 2 aliphatic heterocycles. The van der Waals surface area contributed by atoms with Crippen molar-refractivity contribution in [2.45, 2.75) is 64.3 Å². The van der Waals surface area contributed by atoms with Crippen molar-refractivity contribution in [3.63, 3.8) is 0 Å². The van der Waals surface area contributed by atoms with Gasteiger partial charge in [-0.15, -0.1) is 0 Å². The van der Waals surface area contributed by atoms with E-state index >= 15 is 0 Å². The average molecular weight is 301 g/mol. The Balaban J connectivity index is 2.19. The van der Waals surface area contributed by atoms with Crippen LogP contribution in [0.5, 0.6) is 0 Å². The first-order chi connectivity index (χ1) is 9.27. The molecule has 20 heavy (non-hydrogen) atoms. The molecular weight excluding hydrogens is 268 g/mol. The third kappa shape index (κ3) is 3.52. The lowest BCUT2D eigenvalue weighted by Crippen LogP contribution is -2.58. The van der Waals surface area contributed by atoms with E-state index in [0.29, 0.717) is 18.0 Å². The standard InChI is InChI=1S/C16H32N2OS/c1-7-17-14(13-11-20-9-8-18(13)6)12-10-15(2,3)19-16(12,4)5/h12-14,17H,7-11H2,1-6H3. The molecule has 0 aromatic carbocycles. The Morgan fingerprint density at radius 3 is 2.55 bits per heavy atom. The maximum absolute atomic E-state index is 6.34. The second-order valence-electron chi connectivity index (χ2n) is 7.48. The molecule has 0 saturated carbocycles. The molecule has 0 spiro atoms. The van der Waals surface area contributed by atoms with Crippen molar-refractivity contribution in [1.29, 1.82) is 0 Å². The molecular formula is C16H32N2OS. The van der Waals surface area contributed by atoms with Crippen molar-refractivity contribution in [1.82, 2.24) is 10.2 Å². The fourth-order valence-corrected chi connectivity index (χ4v) is 5.32. The average Bonchev–Trinajstić information content (AvgIpc) is 2.55. The zero-order valence-electron chi connectivity index (χ0n) is 14.0. The maximum atomic E-state index is 6.34. The number of hydrogen-bond donors (Lipinski definition) is 1. The second-order valence-corrected chi connectivity index (χ2v) is 8.63. The molecule has 0 aliphatic carbocycles. The second kappa shape index (κ2) is 6.15. The summed E-state index contributed by atoms with van der Waals surface area (Å²) < 4.78 is 6.34. The number of thioether (sulfide) groups is 1. The van der Waals surface area contributed by atoms with Crippen LogP contribution in [0.1, 0.15) is 41.0 Å². The molecule has 3 atom stereocenters. The Hall–Kier alpha value is 0.230. The van der Waals surface area contributed by atoms with Gasteiger partial charge in [0.1, 0.15) is 0 Å². The highest BCUT2D eigenvalue weighted by molar-refractivity contribution is 7.99. The summed E-state index contributed by atoms with van der Waals surface area (Å²) in [7, 11) is 2.28. The number of likely N-dealkylation sites (N-methyl/N-ethyl adjacent to an activating group) is 2. The first kappa shape index (κ1) is 16.6. The lowest BCUT2D eigenvalue weighted by molar-refractivity contribution is -0.0799. The third-order valence-corrected chi connectivity index (χ3v) is 5.92. The summed E-state index contributed by atoms with van der Waals surface area (Å²) in [5.41, 5.74) is -0.0402. The van der Waals surface area contributed by atoms with Gasteiger partial charge in [0.15, 0.2) is 0 Å². The number of nitrogens with one attached hydrogen (secondary N) is 1. The molecule has 0 amide bonds. The molecule has 0 aromatic heterocycles. The van der Waals surface area contributed by atoms with Gasteiger partial charge >= 0.3 is 0 Å². The van der Waals surface area contributed by atoms with Gasteiger partial charge in [-0.2, -0.15) is 11.8 Å². The van der Waals surface area contributed by atoms with E-state index in [9.17, 15) is 0 Å². The Bertz CT molecular complexity index is 332. The molecule has 2 fully saturated rings. The Labute approximate surface area is 129 Å². The third-order valence-electron chi connectivity index (χ3n) is 4.87. The van der Waals surface area contributed by atoms with Gasteiger partial charge in [0.25, 0.3) is 0 Å². The van der Waals surface area contributed by atoms with E-state index < -0.39 is 0 Å². The highest BCUT2D eigenvalue weighted by Gasteiger charge is 2.51. The Morgan fingerprint density at radius 2 is 2.05 bits per heavy atom. The van der Waals surface area contributed by atoms with Crippen molar-refractivity contribution < 1.29 is 4.74 Å². The molecule has 118 valence electrons. The first-order valence-corrected chi connectivity index (χ1v) is 9.14. The SMILES string of the molecule is CCNC(C1CSCCN1C)C1CC(C)(C)OC1(C)C. The van der Waals surface area contributed by atoms with Crippen LogP contribution in [0.2, 0.25) is 0 Å². The normalized spacial score (nSPS) is 35.1. The minimum absolute atomic E-state index is 0.00220. The number of ether oxygens (including phenoxy) is 1. The van der Waals surface area contributed by atoms with Crippen molar-refractivity contribution in [2.24, 2.45) is 5.92 Å². The van der Waals surface area contributed by atoms with Gasteiger partial charge in [-0.1, -0.05) is 6.92 Å². The van der Waals surface area contributed by atoms with Crippen LogP contribution in [0, 0.1) is 5.92 Å². The van der Waals surface area contributed by atoms with Crippen LogP contribution in [0.25, 0.3) is 0 Å². The topological polar surface area (TPSA) is 24.5 Å². The Morgan fingerprint density at radius 1 is 1.35 bits per heavy atom. The molecule has 2 saturated heterocycles. The largest absolute Gasteiger partial charge is 0.369 e. The predicted octanol–water partition coefficient (Wildman–Crippen LogP) is 2.61. The quantitative estimate of drug-likeness (QED) is 0.862. The summed E-state index contributed by atoms with van der Waals surface area (Å²) in [5, 5.41) is 3.78. The van der Waals surface area contributed by atoms with E-state index in [1.807, 2.05) is 0 Å². The van der Waals surface area contributed by atoms with E-state index in [-0.39, 0.29) is 11.2 Å². The Kier molecular flexibility index (Phi) is 5.11. The fourth-order valence-electron chi connectivity index (χ4n) is 4.03. The summed E-state index contributed by atoms with van der Waals surface area (Å²) in [6.45, 7) is 13.5. The van der Waals surface area contributed by atoms with Crippen molar-refractivity contribution in [3.05, 3.63) is 0 Å². The van der Waals surface area contributed by atoms with Gasteiger partial charge in [0.05, 0.1) is 11.2 Å². The van der Waals surface area contributed by atoms with Crippen LogP contribution in [0.4, 0.5) is 0 Å². The van der Waals surface area contributed by atoms with E-state index in [0.717, 1.165) is 13.0 Å². The fraction of sp³-hybridized carbons (Fsp3) is 1.00. The molecule has 2 rings (SSSR count). The summed E-state index contributed by atoms with van der Waals surface area (Å²) in [6, 6.07) is 1.14. The molecule has 2 aliphatic rings. The van der Waals surface area contributed by atoms with Crippen LogP contribution in [-0.2, 0) is 4.74 Å². The predicted molar refractivity (Wildman–Crippen MR) is 88.6 cm³/mol. The highest BCUT2D eigenvalue weighted by atomic mass is 32.2. The zero-order valence-corrected chi connectivity index (χ0v) is 14.8. The van der Waals surface area contributed by atoms with Gasteiger partial charge in [-0.25, -0.2) is 0 Å². The smallest absolute Gasteiger partial charge is 0.0678 e. The van der Waals surface area contributed by atoms with E-state index in [2.05, 4.69) is 63.6 Å². The molecule has 3 nitrogen and oxygen atoms in total. The lowest BCUT2D eigenvalue weighted by atomic mass is 9.78. The van der Waals surface area contributed by atoms with Crippen LogP contribution in [0.15, 0.2) is 0 Å². The minimum atomic E-state index is -0.0424. The van der Waals surface area contributed by atoms with Crippen LogP contribution < -0.4 is 5.32 Å². The first-order valence-electron chi connectivity index (χ1n) is 7.98. The van der Waals surface area contributed by atoms with Gasteiger partial charge in [-0.05, 0) is 47.7 Å². The van der Waals surface area contributed by atoms with Crippen molar-refractivity contribution >= 4 is 11.8 Å². The van der Waals surface area contributed by atoms with E-state index in [1.54, 1.807) is 0 Å². The molecule has 0 bridgehead atoms. The van der Waals surface area contributed by atoms with Crippen LogP contribution in [0.3, 0.4) is 0 Å². The molecule has 4 heteroatoms. The van der Waals surface area contributed by atoms with Gasteiger partial charge < -0.3 is 15.0 Å². The van der Waals surface area contributed by atoms with Gasteiger partial charge in [0, 0.05) is 36.1 Å². The number of nitrogens with zero attached hydrogens (tertiary/aromatic N) is 1. The van der Waals surface area contributed by atoms with E-state index in [4.69, 9.17) is 4.74 Å². The summed E-state index contributed by atoms with van der Waals surface area (Å²) in [6.07, 6.45) is 1.15. The van der Waals surface area contributed by atoms with Crippen LogP contribution >= 0.6 is 11.8 Å². The lowest BCUT2D eigenvalue weighted by Gasteiger charge is -2.43. The molecule has 1 N–H and O–H groups in total. The van der Waals surface area contributed by atoms with Crippen LogP contribution in [-0.4, -0.2) is 59.8 Å². The highest BCUT2D eigenvalue weighted by Crippen LogP contribution is 2.45. The molecule has 0 aromatic rings. The number of hydrogen-bond acceptors (Lipinski definition) is 4. The monoisotopic (exact) mass is 300 g/mol. The maximum Gasteiger partial charge on any atom is 0.0678 e.